The highest BCUT2D eigenvalue weighted by atomic mass is 16.4. The lowest BCUT2D eigenvalue weighted by molar-refractivity contribution is -0.141. The number of carboxylic acids is 1. The molecule has 21 heavy (non-hydrogen) atoms. The third kappa shape index (κ3) is 6.77. The number of nitrogens with one attached hydrogen (secondary N) is 3. The molecule has 1 saturated heterocycles. The minimum atomic E-state index is -1.02. The van der Waals surface area contributed by atoms with Gasteiger partial charge < -0.3 is 26.0 Å². The number of amides is 2. The van der Waals surface area contributed by atoms with Gasteiger partial charge >= 0.3 is 12.0 Å². The Kier molecular flexibility index (Phi) is 6.91. The Morgan fingerprint density at radius 2 is 1.90 bits per heavy atom. The number of urea groups is 1. The summed E-state index contributed by atoms with van der Waals surface area (Å²) in [6, 6.07) is -1.32. The van der Waals surface area contributed by atoms with Gasteiger partial charge in [-0.05, 0) is 18.4 Å². The number of piperazine rings is 1. The van der Waals surface area contributed by atoms with Crippen LogP contribution in [0.1, 0.15) is 27.2 Å². The zero-order valence-corrected chi connectivity index (χ0v) is 13.2. The maximum absolute atomic E-state index is 11.7. The van der Waals surface area contributed by atoms with E-state index in [1.54, 1.807) is 20.8 Å². The van der Waals surface area contributed by atoms with E-state index in [0.29, 0.717) is 6.54 Å². The molecular formula is C14H28N4O3. The molecule has 1 aliphatic rings. The summed E-state index contributed by atoms with van der Waals surface area (Å²) in [6.45, 7) is 11.0. The SMILES string of the molecule is CC(C)(C)[C@@H](NC(=O)NCCCN1CCNCC1)C(=O)O. The van der Waals surface area contributed by atoms with Gasteiger partial charge in [0, 0.05) is 32.7 Å². The van der Waals surface area contributed by atoms with Crippen LogP contribution in [-0.2, 0) is 4.79 Å². The van der Waals surface area contributed by atoms with Gasteiger partial charge in [0.05, 0.1) is 0 Å². The fourth-order valence-corrected chi connectivity index (χ4v) is 2.27. The van der Waals surface area contributed by atoms with E-state index in [4.69, 9.17) is 5.11 Å². The van der Waals surface area contributed by atoms with Crippen molar-refractivity contribution in [3.8, 4) is 0 Å². The Morgan fingerprint density at radius 1 is 1.29 bits per heavy atom. The van der Waals surface area contributed by atoms with E-state index in [-0.39, 0.29) is 0 Å². The molecule has 7 nitrogen and oxygen atoms in total. The van der Waals surface area contributed by atoms with Crippen molar-refractivity contribution in [3.05, 3.63) is 0 Å². The maximum atomic E-state index is 11.7. The van der Waals surface area contributed by atoms with Crippen LogP contribution >= 0.6 is 0 Å². The van der Waals surface area contributed by atoms with Crippen molar-refractivity contribution in [2.24, 2.45) is 5.41 Å². The normalized spacial score (nSPS) is 18.0. The van der Waals surface area contributed by atoms with E-state index >= 15 is 0 Å². The topological polar surface area (TPSA) is 93.7 Å². The smallest absolute Gasteiger partial charge is 0.326 e. The second-order valence-corrected chi connectivity index (χ2v) is 6.48. The summed E-state index contributed by atoms with van der Waals surface area (Å²) < 4.78 is 0. The van der Waals surface area contributed by atoms with Gasteiger partial charge in [-0.1, -0.05) is 20.8 Å². The zero-order valence-electron chi connectivity index (χ0n) is 13.2. The highest BCUT2D eigenvalue weighted by molar-refractivity contribution is 5.83. The summed E-state index contributed by atoms with van der Waals surface area (Å²) in [5, 5.41) is 17.7. The van der Waals surface area contributed by atoms with E-state index in [1.807, 2.05) is 0 Å². The molecule has 0 aliphatic carbocycles. The van der Waals surface area contributed by atoms with Crippen LogP contribution in [0.15, 0.2) is 0 Å². The molecule has 0 aromatic heterocycles. The molecule has 122 valence electrons. The van der Waals surface area contributed by atoms with E-state index in [1.165, 1.54) is 0 Å². The third-order valence-corrected chi connectivity index (χ3v) is 3.53. The number of aliphatic carboxylic acids is 1. The average molecular weight is 300 g/mol. The first-order chi connectivity index (χ1) is 9.80. The first kappa shape index (κ1) is 17.7. The Labute approximate surface area is 126 Å². The molecule has 0 aromatic carbocycles. The first-order valence-corrected chi connectivity index (χ1v) is 7.51. The molecule has 0 unspecified atom stereocenters. The number of nitrogens with zero attached hydrogens (tertiary/aromatic N) is 1. The summed E-state index contributed by atoms with van der Waals surface area (Å²) in [4.78, 5) is 25.3. The van der Waals surface area contributed by atoms with Crippen LogP contribution in [0.25, 0.3) is 0 Å². The average Bonchev–Trinajstić information content (AvgIpc) is 2.40. The van der Waals surface area contributed by atoms with Crippen LogP contribution in [0, 0.1) is 5.41 Å². The van der Waals surface area contributed by atoms with Crippen molar-refractivity contribution >= 4 is 12.0 Å². The molecule has 1 aliphatic heterocycles. The Balaban J connectivity index is 2.22. The van der Waals surface area contributed by atoms with E-state index in [0.717, 1.165) is 39.1 Å². The molecule has 0 bridgehead atoms. The molecule has 0 radical (unpaired) electrons. The van der Waals surface area contributed by atoms with Gasteiger partial charge in [0.15, 0.2) is 0 Å². The Morgan fingerprint density at radius 3 is 2.43 bits per heavy atom. The minimum absolute atomic E-state index is 0.419. The number of carbonyl (C=O) groups excluding carboxylic acids is 1. The second kappa shape index (κ2) is 8.19. The quantitative estimate of drug-likeness (QED) is 0.521. The van der Waals surface area contributed by atoms with Gasteiger partial charge in [0.25, 0.3) is 0 Å². The Bertz CT molecular complexity index is 349. The van der Waals surface area contributed by atoms with E-state index in [9.17, 15) is 9.59 Å². The summed E-state index contributed by atoms with van der Waals surface area (Å²) >= 11 is 0. The number of hydrogen-bond acceptors (Lipinski definition) is 4. The highest BCUT2D eigenvalue weighted by Crippen LogP contribution is 2.19. The molecular weight excluding hydrogens is 272 g/mol. The third-order valence-electron chi connectivity index (χ3n) is 3.53. The molecule has 4 N–H and O–H groups in total. The van der Waals surface area contributed by atoms with Gasteiger partial charge in [-0.3, -0.25) is 0 Å². The molecule has 1 atom stereocenters. The lowest BCUT2D eigenvalue weighted by Gasteiger charge is -2.28. The van der Waals surface area contributed by atoms with Crippen LogP contribution in [0.2, 0.25) is 0 Å². The highest BCUT2D eigenvalue weighted by Gasteiger charge is 2.32. The van der Waals surface area contributed by atoms with Crippen LogP contribution < -0.4 is 16.0 Å². The maximum Gasteiger partial charge on any atom is 0.326 e. The summed E-state index contributed by atoms with van der Waals surface area (Å²) in [5.74, 6) is -1.02. The van der Waals surface area contributed by atoms with Crippen molar-refractivity contribution < 1.29 is 14.7 Å². The fourth-order valence-electron chi connectivity index (χ4n) is 2.27. The van der Waals surface area contributed by atoms with Gasteiger partial charge in [-0.2, -0.15) is 0 Å². The number of carbonyl (C=O) groups is 2. The molecule has 2 amide bonds. The molecule has 1 rings (SSSR count). The van der Waals surface area contributed by atoms with E-state index < -0.39 is 23.5 Å². The van der Waals surface area contributed by atoms with Crippen LogP contribution in [0.4, 0.5) is 4.79 Å². The summed E-state index contributed by atoms with van der Waals surface area (Å²) in [5.41, 5.74) is -0.524. The van der Waals surface area contributed by atoms with Crippen molar-refractivity contribution in [2.45, 2.75) is 33.2 Å². The van der Waals surface area contributed by atoms with Crippen molar-refractivity contribution in [2.75, 3.05) is 39.3 Å². The minimum Gasteiger partial charge on any atom is -0.480 e. The van der Waals surface area contributed by atoms with Gasteiger partial charge in [0.1, 0.15) is 6.04 Å². The predicted molar refractivity (Wildman–Crippen MR) is 81.3 cm³/mol. The van der Waals surface area contributed by atoms with Crippen molar-refractivity contribution in [1.29, 1.82) is 0 Å². The predicted octanol–water partition coefficient (Wildman–Crippen LogP) is 0.0802. The van der Waals surface area contributed by atoms with E-state index in [2.05, 4.69) is 20.9 Å². The summed E-state index contributed by atoms with van der Waals surface area (Å²) in [7, 11) is 0. The van der Waals surface area contributed by atoms with Gasteiger partial charge in [0.2, 0.25) is 0 Å². The molecule has 0 spiro atoms. The van der Waals surface area contributed by atoms with Crippen LogP contribution in [0.3, 0.4) is 0 Å². The molecule has 1 heterocycles. The Hall–Kier alpha value is -1.34. The standard InChI is InChI=1S/C14H28N4O3/c1-14(2,3)11(12(19)20)17-13(21)16-5-4-8-18-9-6-15-7-10-18/h11,15H,4-10H2,1-3H3,(H,19,20)(H2,16,17,21)/t11-/m0/s1. The van der Waals surface area contributed by atoms with Crippen LogP contribution in [0.5, 0.6) is 0 Å². The van der Waals surface area contributed by atoms with Gasteiger partial charge in [-0.25, -0.2) is 9.59 Å². The largest absolute Gasteiger partial charge is 0.480 e. The monoisotopic (exact) mass is 300 g/mol. The lowest BCUT2D eigenvalue weighted by atomic mass is 9.87. The fraction of sp³-hybridized carbons (Fsp3) is 0.857. The number of hydrogen-bond donors (Lipinski definition) is 4. The number of rotatable bonds is 6. The van der Waals surface area contributed by atoms with Gasteiger partial charge in [-0.15, -0.1) is 0 Å². The van der Waals surface area contributed by atoms with Crippen LogP contribution in [-0.4, -0.2) is 67.3 Å². The second-order valence-electron chi connectivity index (χ2n) is 6.48. The van der Waals surface area contributed by atoms with Crippen molar-refractivity contribution in [3.63, 3.8) is 0 Å². The molecule has 1 fully saturated rings. The molecule has 0 saturated carbocycles. The number of carboxylic acid groups (broad SMARTS) is 1. The van der Waals surface area contributed by atoms with Crippen molar-refractivity contribution in [1.82, 2.24) is 20.9 Å². The zero-order chi connectivity index (χ0) is 15.9. The first-order valence-electron chi connectivity index (χ1n) is 7.51. The molecule has 7 heteroatoms. The summed E-state index contributed by atoms with van der Waals surface area (Å²) in [6.07, 6.45) is 0.862. The molecule has 0 aromatic rings. The lowest BCUT2D eigenvalue weighted by Crippen LogP contribution is -2.52.